The fourth-order valence-corrected chi connectivity index (χ4v) is 4.25. The van der Waals surface area contributed by atoms with Gasteiger partial charge in [-0.05, 0) is 49.4 Å². The van der Waals surface area contributed by atoms with Gasteiger partial charge in [-0.1, -0.05) is 35.0 Å². The van der Waals surface area contributed by atoms with Gasteiger partial charge in [0.15, 0.2) is 10.9 Å². The van der Waals surface area contributed by atoms with Crippen molar-refractivity contribution < 1.29 is 22.4 Å². The summed E-state index contributed by atoms with van der Waals surface area (Å²) in [5.74, 6) is 0.328. The third kappa shape index (κ3) is 5.13. The zero-order chi connectivity index (χ0) is 23.8. The predicted octanol–water partition coefficient (Wildman–Crippen LogP) is 6.77. The number of fused-ring (bicyclic) bond motifs is 1. The van der Waals surface area contributed by atoms with E-state index in [9.17, 15) is 18.0 Å². The van der Waals surface area contributed by atoms with Crippen molar-refractivity contribution in [1.82, 2.24) is 14.8 Å². The first kappa shape index (κ1) is 23.5. The maximum absolute atomic E-state index is 12.9. The first-order valence-corrected chi connectivity index (χ1v) is 11.3. The molecule has 0 saturated heterocycles. The third-order valence-corrected chi connectivity index (χ3v) is 6.16. The molecular weight excluding hydrogens is 500 g/mol. The van der Waals surface area contributed by atoms with Crippen LogP contribution < -0.4 is 5.32 Å². The lowest BCUT2D eigenvalue weighted by molar-refractivity contribution is -0.137. The Morgan fingerprint density at radius 1 is 1.15 bits per heavy atom. The largest absolute Gasteiger partial charge is 0.453 e. The molecule has 0 aliphatic carbocycles. The fraction of sp³-hybridized carbons (Fsp3) is 0.190. The molecule has 0 bridgehead atoms. The van der Waals surface area contributed by atoms with Crippen molar-refractivity contribution in [2.45, 2.75) is 24.8 Å². The fourth-order valence-electron chi connectivity index (χ4n) is 3.10. The summed E-state index contributed by atoms with van der Waals surface area (Å²) in [6, 6.07) is 9.79. The minimum atomic E-state index is -4.55. The summed E-state index contributed by atoms with van der Waals surface area (Å²) in [6.07, 6.45) is -4.55. The van der Waals surface area contributed by atoms with Gasteiger partial charge in [0, 0.05) is 17.0 Å². The van der Waals surface area contributed by atoms with Crippen LogP contribution in [0, 0.1) is 0 Å². The Labute approximate surface area is 200 Å². The minimum Gasteiger partial charge on any atom is -0.453 e. The molecule has 0 fully saturated rings. The van der Waals surface area contributed by atoms with Gasteiger partial charge in [-0.3, -0.25) is 9.36 Å². The van der Waals surface area contributed by atoms with E-state index in [4.69, 9.17) is 27.6 Å². The summed E-state index contributed by atoms with van der Waals surface area (Å²) >= 11 is 13.1. The van der Waals surface area contributed by atoms with Crippen molar-refractivity contribution in [2.75, 3.05) is 11.1 Å². The summed E-state index contributed by atoms with van der Waals surface area (Å²) in [6.45, 7) is 2.39. The van der Waals surface area contributed by atoms with Crippen LogP contribution in [0.5, 0.6) is 0 Å². The van der Waals surface area contributed by atoms with Crippen LogP contribution in [0.25, 0.3) is 22.6 Å². The second-order valence-corrected chi connectivity index (χ2v) is 8.66. The molecule has 4 rings (SSSR count). The second-order valence-electron chi connectivity index (χ2n) is 6.87. The van der Waals surface area contributed by atoms with E-state index in [-0.39, 0.29) is 16.5 Å². The van der Waals surface area contributed by atoms with Gasteiger partial charge in [0.2, 0.25) is 11.7 Å². The number of hydrogen-bond acceptors (Lipinski definition) is 5. The molecule has 2 aromatic carbocycles. The van der Waals surface area contributed by atoms with Crippen LogP contribution in [0.4, 0.5) is 18.9 Å². The Bertz CT molecular complexity index is 1340. The van der Waals surface area contributed by atoms with E-state index in [1.165, 1.54) is 0 Å². The van der Waals surface area contributed by atoms with Gasteiger partial charge >= 0.3 is 6.18 Å². The van der Waals surface area contributed by atoms with Crippen LogP contribution in [0.1, 0.15) is 12.5 Å². The summed E-state index contributed by atoms with van der Waals surface area (Å²) in [5.41, 5.74) is -0.375. The normalized spacial score (nSPS) is 11.8. The highest BCUT2D eigenvalue weighted by Crippen LogP contribution is 2.34. The molecule has 0 aliphatic heterocycles. The number of alkyl halides is 3. The third-order valence-electron chi connectivity index (χ3n) is 4.63. The highest BCUT2D eigenvalue weighted by molar-refractivity contribution is 7.99. The van der Waals surface area contributed by atoms with Crippen LogP contribution in [0.3, 0.4) is 0 Å². The molecule has 0 radical (unpaired) electrons. The smallest absolute Gasteiger partial charge is 0.416 e. The maximum Gasteiger partial charge on any atom is 0.416 e. The highest BCUT2D eigenvalue weighted by Gasteiger charge is 2.31. The number of benzene rings is 2. The Hall–Kier alpha value is -2.69. The number of anilines is 1. The first-order chi connectivity index (χ1) is 15.7. The summed E-state index contributed by atoms with van der Waals surface area (Å²) < 4.78 is 46.4. The number of aromatic nitrogens is 3. The number of carbonyl (C=O) groups excluding carboxylic acids is 1. The summed E-state index contributed by atoms with van der Waals surface area (Å²) in [5, 5.41) is 12.6. The number of nitrogens with one attached hydrogen (secondary N) is 1. The molecule has 0 atom stereocenters. The molecule has 2 aromatic heterocycles. The van der Waals surface area contributed by atoms with Crippen LogP contribution in [-0.2, 0) is 17.5 Å². The number of thioether (sulfide) groups is 1. The van der Waals surface area contributed by atoms with Crippen molar-refractivity contribution >= 4 is 57.5 Å². The standard InChI is InChI=1S/C21H15Cl2F3N4O2S/c1-2-30-19(17-8-11-7-13(22)4-6-16(11)32-17)28-29-20(30)33-10-18(31)27-15-9-12(21(24,25)26)3-5-14(15)23/h3-9H,2,10H2,1H3,(H,27,31). The molecule has 33 heavy (non-hydrogen) atoms. The van der Waals surface area contributed by atoms with E-state index < -0.39 is 17.6 Å². The quantitative estimate of drug-likeness (QED) is 0.287. The van der Waals surface area contributed by atoms with Crippen LogP contribution in [0.2, 0.25) is 10.0 Å². The number of amides is 1. The van der Waals surface area contributed by atoms with Gasteiger partial charge in [0.25, 0.3) is 0 Å². The molecule has 6 nitrogen and oxygen atoms in total. The maximum atomic E-state index is 12.9. The Morgan fingerprint density at radius 3 is 2.67 bits per heavy atom. The Kier molecular flexibility index (Phi) is 6.60. The van der Waals surface area contributed by atoms with Gasteiger partial charge in [-0.15, -0.1) is 10.2 Å². The van der Waals surface area contributed by atoms with Gasteiger partial charge in [0.05, 0.1) is 22.0 Å². The van der Waals surface area contributed by atoms with Gasteiger partial charge < -0.3 is 9.73 Å². The molecule has 172 valence electrons. The van der Waals surface area contributed by atoms with Gasteiger partial charge in [-0.25, -0.2) is 0 Å². The van der Waals surface area contributed by atoms with Gasteiger partial charge in [0.1, 0.15) is 5.58 Å². The summed E-state index contributed by atoms with van der Waals surface area (Å²) in [4.78, 5) is 12.4. The van der Waals surface area contributed by atoms with E-state index >= 15 is 0 Å². The van der Waals surface area contributed by atoms with E-state index in [1.54, 1.807) is 28.8 Å². The molecular formula is C21H15Cl2F3N4O2S. The molecule has 0 spiro atoms. The number of furan rings is 1. The van der Waals surface area contributed by atoms with Gasteiger partial charge in [-0.2, -0.15) is 13.2 Å². The van der Waals surface area contributed by atoms with Crippen LogP contribution in [-0.4, -0.2) is 26.4 Å². The Balaban J connectivity index is 1.49. The second kappa shape index (κ2) is 9.28. The number of nitrogens with zero attached hydrogens (tertiary/aromatic N) is 3. The van der Waals surface area contributed by atoms with E-state index in [0.717, 1.165) is 35.3 Å². The molecule has 1 N–H and O–H groups in total. The minimum absolute atomic E-state index is 0.00495. The molecule has 0 saturated carbocycles. The molecule has 0 aliphatic rings. The zero-order valence-electron chi connectivity index (χ0n) is 16.9. The molecule has 2 heterocycles. The average molecular weight is 515 g/mol. The van der Waals surface area contributed by atoms with Crippen LogP contribution in [0.15, 0.2) is 52.0 Å². The van der Waals surface area contributed by atoms with E-state index in [2.05, 4.69) is 15.5 Å². The number of rotatable bonds is 6. The molecule has 12 heteroatoms. The lowest BCUT2D eigenvalue weighted by Gasteiger charge is -2.11. The number of hydrogen-bond donors (Lipinski definition) is 1. The highest BCUT2D eigenvalue weighted by atomic mass is 35.5. The first-order valence-electron chi connectivity index (χ1n) is 9.57. The Morgan fingerprint density at radius 2 is 1.94 bits per heavy atom. The van der Waals surface area contributed by atoms with Crippen molar-refractivity contribution in [3.8, 4) is 11.6 Å². The van der Waals surface area contributed by atoms with Crippen molar-refractivity contribution in [1.29, 1.82) is 0 Å². The lowest BCUT2D eigenvalue weighted by atomic mass is 10.2. The van der Waals surface area contributed by atoms with E-state index in [1.807, 2.05) is 6.92 Å². The predicted molar refractivity (Wildman–Crippen MR) is 122 cm³/mol. The molecule has 4 aromatic rings. The van der Waals surface area contributed by atoms with Crippen molar-refractivity contribution in [3.05, 3.63) is 58.1 Å². The van der Waals surface area contributed by atoms with E-state index in [0.29, 0.717) is 33.9 Å². The zero-order valence-corrected chi connectivity index (χ0v) is 19.2. The average Bonchev–Trinajstić information content (AvgIpc) is 3.35. The topological polar surface area (TPSA) is 73.0 Å². The summed E-state index contributed by atoms with van der Waals surface area (Å²) in [7, 11) is 0. The van der Waals surface area contributed by atoms with Crippen molar-refractivity contribution in [2.24, 2.45) is 0 Å². The molecule has 1 amide bonds. The number of halogens is 5. The lowest BCUT2D eigenvalue weighted by Crippen LogP contribution is -2.16. The number of carbonyl (C=O) groups is 1. The van der Waals surface area contributed by atoms with Crippen molar-refractivity contribution in [3.63, 3.8) is 0 Å². The van der Waals surface area contributed by atoms with Crippen LogP contribution >= 0.6 is 35.0 Å². The monoisotopic (exact) mass is 514 g/mol. The SMILES string of the molecule is CCn1c(SCC(=O)Nc2cc(C(F)(F)F)ccc2Cl)nnc1-c1cc2cc(Cl)ccc2o1. The molecule has 0 unspecified atom stereocenters.